The highest BCUT2D eigenvalue weighted by Gasteiger charge is 2.15. The number of aromatic nitrogens is 2. The molecule has 0 bridgehead atoms. The smallest absolute Gasteiger partial charge is 0.137 e. The molecule has 2 aromatic rings. The number of nitrogens with one attached hydrogen (secondary N) is 1. The van der Waals surface area contributed by atoms with Crippen LogP contribution < -0.4 is 10.1 Å². The number of fused-ring (bicyclic) bond motifs is 1. The third kappa shape index (κ3) is 2.34. The first-order valence-electron chi connectivity index (χ1n) is 6.57. The van der Waals surface area contributed by atoms with Crippen LogP contribution in [0.4, 0.5) is 0 Å². The van der Waals surface area contributed by atoms with Crippen LogP contribution in [0.25, 0.3) is 5.65 Å². The van der Waals surface area contributed by atoms with E-state index in [1.54, 1.807) is 7.11 Å². The van der Waals surface area contributed by atoms with Gasteiger partial charge >= 0.3 is 0 Å². The topological polar surface area (TPSA) is 38.6 Å². The van der Waals surface area contributed by atoms with E-state index in [0.29, 0.717) is 0 Å². The molecule has 3 rings (SSSR count). The van der Waals surface area contributed by atoms with Gasteiger partial charge in [-0.25, -0.2) is 4.98 Å². The van der Waals surface area contributed by atoms with E-state index in [1.807, 2.05) is 18.3 Å². The lowest BCUT2D eigenvalue weighted by atomic mass is 9.93. The molecule has 0 spiro atoms. The maximum Gasteiger partial charge on any atom is 0.137 e. The maximum atomic E-state index is 5.22. The Balaban J connectivity index is 1.79. The number of hydrogen-bond donors (Lipinski definition) is 1. The number of rotatable bonds is 3. The van der Waals surface area contributed by atoms with Gasteiger partial charge < -0.3 is 14.5 Å². The van der Waals surface area contributed by atoms with Gasteiger partial charge in [0.05, 0.1) is 19.0 Å². The van der Waals surface area contributed by atoms with Crippen molar-refractivity contribution in [2.24, 2.45) is 5.92 Å². The molecule has 2 aromatic heterocycles. The Bertz CT molecular complexity index is 529. The third-order valence-electron chi connectivity index (χ3n) is 3.67. The Hall–Kier alpha value is -1.55. The molecular formula is C14H19N3O. The number of nitrogens with zero attached hydrogens (tertiary/aromatic N) is 2. The molecule has 0 radical (unpaired) electrons. The molecule has 4 heteroatoms. The van der Waals surface area contributed by atoms with Crippen LogP contribution in [0.3, 0.4) is 0 Å². The Morgan fingerprint density at radius 3 is 2.94 bits per heavy atom. The van der Waals surface area contributed by atoms with Crippen LogP contribution in [0, 0.1) is 5.92 Å². The molecule has 1 aliphatic heterocycles. The van der Waals surface area contributed by atoms with E-state index in [-0.39, 0.29) is 0 Å². The zero-order chi connectivity index (χ0) is 12.4. The molecule has 1 N–H and O–H groups in total. The number of pyridine rings is 1. The van der Waals surface area contributed by atoms with Crippen LogP contribution in [0.1, 0.15) is 18.5 Å². The summed E-state index contributed by atoms with van der Waals surface area (Å²) < 4.78 is 7.28. The van der Waals surface area contributed by atoms with Gasteiger partial charge in [-0.1, -0.05) is 0 Å². The molecular weight excluding hydrogens is 226 g/mol. The Kier molecular flexibility index (Phi) is 3.19. The molecule has 0 atom stereocenters. The molecule has 0 saturated carbocycles. The van der Waals surface area contributed by atoms with Crippen molar-refractivity contribution in [2.45, 2.75) is 19.3 Å². The fourth-order valence-corrected chi connectivity index (χ4v) is 2.62. The second kappa shape index (κ2) is 4.98. The minimum Gasteiger partial charge on any atom is -0.495 e. The fraction of sp³-hybridized carbons (Fsp3) is 0.500. The normalized spacial score (nSPS) is 17.2. The van der Waals surface area contributed by atoms with Gasteiger partial charge in [0.25, 0.3) is 0 Å². The Morgan fingerprint density at radius 1 is 1.33 bits per heavy atom. The molecule has 96 valence electrons. The Labute approximate surface area is 107 Å². The summed E-state index contributed by atoms with van der Waals surface area (Å²) in [5, 5.41) is 3.40. The van der Waals surface area contributed by atoms with Crippen LogP contribution in [-0.2, 0) is 6.42 Å². The number of methoxy groups -OCH3 is 1. The zero-order valence-electron chi connectivity index (χ0n) is 10.7. The lowest BCUT2D eigenvalue weighted by Gasteiger charge is -2.21. The van der Waals surface area contributed by atoms with Gasteiger partial charge in [-0.2, -0.15) is 0 Å². The highest BCUT2D eigenvalue weighted by atomic mass is 16.5. The quantitative estimate of drug-likeness (QED) is 0.897. The van der Waals surface area contributed by atoms with E-state index in [9.17, 15) is 0 Å². The van der Waals surface area contributed by atoms with Crippen molar-refractivity contribution in [3.8, 4) is 5.75 Å². The molecule has 0 aromatic carbocycles. The molecule has 1 saturated heterocycles. The van der Waals surface area contributed by atoms with Crippen molar-refractivity contribution in [1.29, 1.82) is 0 Å². The predicted octanol–water partition coefficient (Wildman–Crippen LogP) is 1.89. The third-order valence-corrected chi connectivity index (χ3v) is 3.67. The number of hydrogen-bond acceptors (Lipinski definition) is 3. The van der Waals surface area contributed by atoms with Crippen molar-refractivity contribution in [2.75, 3.05) is 20.2 Å². The monoisotopic (exact) mass is 245 g/mol. The van der Waals surface area contributed by atoms with Gasteiger partial charge in [0.15, 0.2) is 0 Å². The first kappa shape index (κ1) is 11.5. The summed E-state index contributed by atoms with van der Waals surface area (Å²) in [5.41, 5.74) is 2.19. The number of piperidine rings is 1. The van der Waals surface area contributed by atoms with E-state index < -0.39 is 0 Å². The van der Waals surface area contributed by atoms with Gasteiger partial charge in [-0.15, -0.1) is 0 Å². The van der Waals surface area contributed by atoms with Gasteiger partial charge in [0, 0.05) is 6.20 Å². The molecule has 0 aliphatic carbocycles. The van der Waals surface area contributed by atoms with Crippen LogP contribution in [-0.4, -0.2) is 29.6 Å². The molecule has 0 amide bonds. The van der Waals surface area contributed by atoms with Crippen molar-refractivity contribution < 1.29 is 4.74 Å². The summed E-state index contributed by atoms with van der Waals surface area (Å²) in [7, 11) is 1.69. The van der Waals surface area contributed by atoms with E-state index in [4.69, 9.17) is 4.74 Å². The summed E-state index contributed by atoms with van der Waals surface area (Å²) in [6.07, 6.45) is 7.72. The minimum absolute atomic E-state index is 0.776. The van der Waals surface area contributed by atoms with Crippen molar-refractivity contribution >= 4 is 5.65 Å². The molecule has 1 aliphatic rings. The summed E-state index contributed by atoms with van der Waals surface area (Å²) in [6, 6.07) is 3.96. The van der Waals surface area contributed by atoms with E-state index in [2.05, 4.69) is 20.9 Å². The average Bonchev–Trinajstić information content (AvgIpc) is 2.80. The van der Waals surface area contributed by atoms with Gasteiger partial charge in [-0.3, -0.25) is 0 Å². The molecule has 18 heavy (non-hydrogen) atoms. The zero-order valence-corrected chi connectivity index (χ0v) is 10.7. The van der Waals surface area contributed by atoms with Gasteiger partial charge in [0.1, 0.15) is 11.4 Å². The predicted molar refractivity (Wildman–Crippen MR) is 71.0 cm³/mol. The van der Waals surface area contributed by atoms with E-state index >= 15 is 0 Å². The lowest BCUT2D eigenvalue weighted by molar-refractivity contribution is 0.370. The first-order valence-corrected chi connectivity index (χ1v) is 6.57. The second-order valence-electron chi connectivity index (χ2n) is 4.96. The van der Waals surface area contributed by atoms with Gasteiger partial charge in [0.2, 0.25) is 0 Å². The largest absolute Gasteiger partial charge is 0.495 e. The molecule has 0 unspecified atom stereocenters. The van der Waals surface area contributed by atoms with E-state index in [1.165, 1.54) is 18.5 Å². The number of ether oxygens (including phenoxy) is 1. The SMILES string of the molecule is COc1ccc2nc(CC3CCNCC3)cn2c1. The highest BCUT2D eigenvalue weighted by Crippen LogP contribution is 2.19. The molecule has 1 fully saturated rings. The highest BCUT2D eigenvalue weighted by molar-refractivity contribution is 5.43. The van der Waals surface area contributed by atoms with Crippen LogP contribution in [0.15, 0.2) is 24.5 Å². The average molecular weight is 245 g/mol. The maximum absolute atomic E-state index is 5.22. The molecule has 3 heterocycles. The minimum atomic E-state index is 0.776. The summed E-state index contributed by atoms with van der Waals surface area (Å²) >= 11 is 0. The van der Waals surface area contributed by atoms with Crippen LogP contribution >= 0.6 is 0 Å². The van der Waals surface area contributed by atoms with E-state index in [0.717, 1.165) is 36.8 Å². The summed E-state index contributed by atoms with van der Waals surface area (Å²) in [4.78, 5) is 4.67. The van der Waals surface area contributed by atoms with Crippen LogP contribution in [0.2, 0.25) is 0 Å². The number of imidazole rings is 1. The molecule has 4 nitrogen and oxygen atoms in total. The Morgan fingerprint density at radius 2 is 2.17 bits per heavy atom. The summed E-state index contributed by atoms with van der Waals surface area (Å²) in [6.45, 7) is 2.29. The first-order chi connectivity index (χ1) is 8.85. The summed E-state index contributed by atoms with van der Waals surface area (Å²) in [5.74, 6) is 1.64. The van der Waals surface area contributed by atoms with Crippen molar-refractivity contribution in [3.63, 3.8) is 0 Å². The van der Waals surface area contributed by atoms with Gasteiger partial charge in [-0.05, 0) is 50.4 Å². The van der Waals surface area contributed by atoms with Crippen LogP contribution in [0.5, 0.6) is 5.75 Å². The van der Waals surface area contributed by atoms with Crippen molar-refractivity contribution in [1.82, 2.24) is 14.7 Å². The van der Waals surface area contributed by atoms with Crippen molar-refractivity contribution in [3.05, 3.63) is 30.2 Å². The fourth-order valence-electron chi connectivity index (χ4n) is 2.62. The second-order valence-corrected chi connectivity index (χ2v) is 4.96. The standard InChI is InChI=1S/C14H19N3O/c1-18-13-2-3-14-16-12(9-17(14)10-13)8-11-4-6-15-7-5-11/h2-3,9-11,15H,4-8H2,1H3. The lowest BCUT2D eigenvalue weighted by Crippen LogP contribution is -2.28.